The van der Waals surface area contributed by atoms with Crippen LogP contribution in [0.5, 0.6) is 0 Å². The largest absolute Gasteiger partial charge is 0.355 e. The number of amides is 1. The summed E-state index contributed by atoms with van der Waals surface area (Å²) in [6.45, 7) is 1.28. The molecule has 1 N–H and O–H groups in total. The normalized spacial score (nSPS) is 14.5. The minimum Gasteiger partial charge on any atom is -0.355 e. The third-order valence-corrected chi connectivity index (χ3v) is 5.37. The van der Waals surface area contributed by atoms with E-state index in [4.69, 9.17) is 11.6 Å². The Balaban J connectivity index is 1.43. The van der Waals surface area contributed by atoms with E-state index in [2.05, 4.69) is 10.4 Å². The van der Waals surface area contributed by atoms with Crippen LogP contribution in [-0.2, 0) is 4.79 Å². The summed E-state index contributed by atoms with van der Waals surface area (Å²) in [5, 5.41) is 7.93. The van der Waals surface area contributed by atoms with E-state index < -0.39 is 0 Å². The summed E-state index contributed by atoms with van der Waals surface area (Å²) in [6.07, 6.45) is 1.34. The topological polar surface area (TPSA) is 67.2 Å². The minimum atomic E-state index is -0.374. The number of carbonyl (C=O) groups excluding carboxylic acids is 1. The molecular weight excluding hydrogens is 407 g/mol. The maximum Gasteiger partial charge on any atom is 0.271 e. The zero-order valence-electron chi connectivity index (χ0n) is 16.1. The average molecular weight is 427 g/mol. The van der Waals surface area contributed by atoms with Crippen LogP contribution in [0, 0.1) is 11.7 Å². The van der Waals surface area contributed by atoms with Gasteiger partial charge in [-0.3, -0.25) is 9.59 Å². The number of anilines is 2. The quantitative estimate of drug-likeness (QED) is 0.687. The van der Waals surface area contributed by atoms with Crippen LogP contribution in [-0.4, -0.2) is 28.8 Å². The van der Waals surface area contributed by atoms with E-state index in [0.29, 0.717) is 48.1 Å². The summed E-state index contributed by atoms with van der Waals surface area (Å²) in [5.41, 5.74) is 0.892. The first-order chi connectivity index (χ1) is 14.5. The molecule has 1 aromatic heterocycles. The fourth-order valence-corrected chi connectivity index (χ4v) is 3.71. The lowest BCUT2D eigenvalue weighted by molar-refractivity contribution is -0.120. The van der Waals surface area contributed by atoms with Crippen molar-refractivity contribution in [3.05, 3.63) is 81.9 Å². The zero-order chi connectivity index (χ0) is 21.1. The van der Waals surface area contributed by atoms with Crippen molar-refractivity contribution in [2.45, 2.75) is 12.8 Å². The number of aromatic nitrogens is 2. The van der Waals surface area contributed by atoms with E-state index >= 15 is 0 Å². The molecule has 1 fully saturated rings. The third kappa shape index (κ3) is 4.52. The number of benzene rings is 2. The third-order valence-electron chi connectivity index (χ3n) is 5.14. The maximum absolute atomic E-state index is 13.2. The molecule has 0 spiro atoms. The molecule has 30 heavy (non-hydrogen) atoms. The molecule has 1 saturated heterocycles. The molecule has 1 aliphatic rings. The highest BCUT2D eigenvalue weighted by Gasteiger charge is 2.26. The van der Waals surface area contributed by atoms with Crippen LogP contribution in [0.15, 0.2) is 65.5 Å². The highest BCUT2D eigenvalue weighted by atomic mass is 35.5. The zero-order valence-corrected chi connectivity index (χ0v) is 16.8. The van der Waals surface area contributed by atoms with Crippen molar-refractivity contribution in [2.24, 2.45) is 5.92 Å². The predicted octanol–water partition coefficient (Wildman–Crippen LogP) is 3.88. The van der Waals surface area contributed by atoms with Crippen LogP contribution in [0.25, 0.3) is 5.69 Å². The van der Waals surface area contributed by atoms with E-state index in [1.165, 1.54) is 35.0 Å². The van der Waals surface area contributed by atoms with E-state index in [1.54, 1.807) is 24.3 Å². The molecule has 154 valence electrons. The van der Waals surface area contributed by atoms with Crippen molar-refractivity contribution in [1.82, 2.24) is 9.78 Å². The highest BCUT2D eigenvalue weighted by molar-refractivity contribution is 6.30. The summed E-state index contributed by atoms with van der Waals surface area (Å²) in [7, 11) is 0. The van der Waals surface area contributed by atoms with Gasteiger partial charge < -0.3 is 10.2 Å². The lowest BCUT2D eigenvalue weighted by Gasteiger charge is -2.32. The second-order valence-electron chi connectivity index (χ2n) is 7.18. The number of carbonyl (C=O) groups is 1. The Bertz CT molecular complexity index is 1110. The van der Waals surface area contributed by atoms with Gasteiger partial charge in [0, 0.05) is 35.8 Å². The second-order valence-corrected chi connectivity index (χ2v) is 7.62. The van der Waals surface area contributed by atoms with Gasteiger partial charge in [-0.25, -0.2) is 4.39 Å². The molecule has 1 aliphatic heterocycles. The van der Waals surface area contributed by atoms with Gasteiger partial charge in [-0.1, -0.05) is 17.7 Å². The van der Waals surface area contributed by atoms with Gasteiger partial charge in [0.2, 0.25) is 5.91 Å². The van der Waals surface area contributed by atoms with E-state index in [9.17, 15) is 14.0 Å². The van der Waals surface area contributed by atoms with Gasteiger partial charge in [0.05, 0.1) is 5.69 Å². The van der Waals surface area contributed by atoms with Crippen LogP contribution in [0.4, 0.5) is 15.9 Å². The Labute approximate surface area is 177 Å². The van der Waals surface area contributed by atoms with Crippen LogP contribution in [0.3, 0.4) is 0 Å². The first kappa shape index (κ1) is 20.1. The van der Waals surface area contributed by atoms with Crippen molar-refractivity contribution in [3.63, 3.8) is 0 Å². The molecule has 0 saturated carbocycles. The number of piperidine rings is 1. The Kier molecular flexibility index (Phi) is 5.81. The molecule has 3 aromatic rings. The molecule has 6 nitrogen and oxygen atoms in total. The van der Waals surface area contributed by atoms with Crippen LogP contribution in [0.1, 0.15) is 12.8 Å². The Morgan fingerprint density at radius 1 is 1.07 bits per heavy atom. The number of halogens is 2. The Morgan fingerprint density at radius 3 is 2.50 bits per heavy atom. The SMILES string of the molecule is O=C(Nc1cccc(Cl)c1)C1CCN(c2ccc(=O)n(-c3ccc(F)cc3)n2)CC1. The number of nitrogens with one attached hydrogen (secondary N) is 1. The van der Waals surface area contributed by atoms with Crippen molar-refractivity contribution in [2.75, 3.05) is 23.3 Å². The smallest absolute Gasteiger partial charge is 0.271 e. The number of rotatable bonds is 4. The number of nitrogens with zero attached hydrogens (tertiary/aromatic N) is 3. The molecule has 8 heteroatoms. The van der Waals surface area contributed by atoms with Gasteiger partial charge in [0.1, 0.15) is 11.6 Å². The van der Waals surface area contributed by atoms with E-state index in [1.807, 2.05) is 11.0 Å². The van der Waals surface area contributed by atoms with Crippen molar-refractivity contribution in [1.29, 1.82) is 0 Å². The van der Waals surface area contributed by atoms with Crippen molar-refractivity contribution < 1.29 is 9.18 Å². The molecule has 0 unspecified atom stereocenters. The molecule has 2 aromatic carbocycles. The van der Waals surface area contributed by atoms with Gasteiger partial charge >= 0.3 is 0 Å². The summed E-state index contributed by atoms with van der Waals surface area (Å²) in [4.78, 5) is 26.8. The Hall–Kier alpha value is -3.19. The molecule has 0 radical (unpaired) electrons. The van der Waals surface area contributed by atoms with Gasteiger partial charge in [-0.2, -0.15) is 4.68 Å². The highest BCUT2D eigenvalue weighted by Crippen LogP contribution is 2.24. The monoisotopic (exact) mass is 426 g/mol. The van der Waals surface area contributed by atoms with E-state index in [-0.39, 0.29) is 23.2 Å². The maximum atomic E-state index is 13.2. The fourth-order valence-electron chi connectivity index (χ4n) is 3.52. The van der Waals surface area contributed by atoms with Crippen LogP contribution in [0.2, 0.25) is 5.02 Å². The molecule has 1 amide bonds. The number of hydrogen-bond acceptors (Lipinski definition) is 4. The molecule has 4 rings (SSSR count). The number of hydrogen-bond donors (Lipinski definition) is 1. The van der Waals surface area contributed by atoms with E-state index in [0.717, 1.165) is 0 Å². The van der Waals surface area contributed by atoms with Crippen molar-refractivity contribution in [3.8, 4) is 5.69 Å². The molecular formula is C22H20ClFN4O2. The average Bonchev–Trinajstić information content (AvgIpc) is 2.75. The lowest BCUT2D eigenvalue weighted by atomic mass is 9.96. The van der Waals surface area contributed by atoms with Crippen LogP contribution >= 0.6 is 11.6 Å². The summed E-state index contributed by atoms with van der Waals surface area (Å²) in [5.74, 6) is 0.137. The van der Waals surface area contributed by atoms with Gasteiger partial charge in [-0.15, -0.1) is 5.10 Å². The summed E-state index contributed by atoms with van der Waals surface area (Å²) < 4.78 is 14.4. The molecule has 0 bridgehead atoms. The molecule has 0 atom stereocenters. The van der Waals surface area contributed by atoms with Gasteiger partial charge in [0.15, 0.2) is 0 Å². The fraction of sp³-hybridized carbons (Fsp3) is 0.227. The van der Waals surface area contributed by atoms with Crippen LogP contribution < -0.4 is 15.8 Å². The Morgan fingerprint density at radius 2 is 1.80 bits per heavy atom. The standard InChI is InChI=1S/C22H20ClFN4O2/c23-16-2-1-3-18(14-16)25-22(30)15-10-12-27(13-11-15)20-8-9-21(29)28(26-20)19-6-4-17(24)5-7-19/h1-9,14-15H,10-13H2,(H,25,30). The predicted molar refractivity (Wildman–Crippen MR) is 115 cm³/mol. The minimum absolute atomic E-state index is 0.0267. The summed E-state index contributed by atoms with van der Waals surface area (Å²) in [6, 6.07) is 15.8. The summed E-state index contributed by atoms with van der Waals surface area (Å²) >= 11 is 5.97. The molecule has 0 aliphatic carbocycles. The molecule has 2 heterocycles. The first-order valence-corrected chi connectivity index (χ1v) is 10.0. The first-order valence-electron chi connectivity index (χ1n) is 9.67. The van der Waals surface area contributed by atoms with Gasteiger partial charge in [0.25, 0.3) is 5.56 Å². The second kappa shape index (κ2) is 8.67. The van der Waals surface area contributed by atoms with Crippen molar-refractivity contribution >= 4 is 29.0 Å². The van der Waals surface area contributed by atoms with Gasteiger partial charge in [-0.05, 0) is 61.4 Å². The lowest BCUT2D eigenvalue weighted by Crippen LogP contribution is -2.39.